The van der Waals surface area contributed by atoms with Crippen LogP contribution in [0.5, 0.6) is 0 Å². The lowest BCUT2D eigenvalue weighted by Crippen LogP contribution is -2.00. The Morgan fingerprint density at radius 3 is 2.60 bits per heavy atom. The molecule has 0 aliphatic carbocycles. The first kappa shape index (κ1) is 7.41. The Balaban J connectivity index is 3.46. The normalized spacial score (nSPS) is 9.90. The van der Waals surface area contributed by atoms with E-state index < -0.39 is 0 Å². The molecule has 10 heavy (non-hydrogen) atoms. The van der Waals surface area contributed by atoms with Gasteiger partial charge in [0.15, 0.2) is 4.77 Å². The summed E-state index contributed by atoms with van der Waals surface area (Å²) in [5.74, 6) is 0. The molecule has 54 valence electrons. The van der Waals surface area contributed by atoms with Gasteiger partial charge in [-0.2, -0.15) is 0 Å². The summed E-state index contributed by atoms with van der Waals surface area (Å²) in [4.78, 5) is 4.11. The summed E-state index contributed by atoms with van der Waals surface area (Å²) >= 11 is 4.98. The fourth-order valence-electron chi connectivity index (χ4n) is 0.808. The van der Waals surface area contributed by atoms with Gasteiger partial charge in [-0.05, 0) is 32.1 Å². The van der Waals surface area contributed by atoms with Crippen LogP contribution in [0, 0.1) is 18.6 Å². The third-order valence-corrected chi connectivity index (χ3v) is 1.87. The zero-order valence-corrected chi connectivity index (χ0v) is 7.20. The number of rotatable bonds is 0. The molecule has 2 nitrogen and oxygen atoms in total. The van der Waals surface area contributed by atoms with Gasteiger partial charge < -0.3 is 4.57 Å². The molecule has 0 aromatic carbocycles. The lowest BCUT2D eigenvalue weighted by molar-refractivity contribution is 0.794. The van der Waals surface area contributed by atoms with Gasteiger partial charge in [0, 0.05) is 18.4 Å². The minimum atomic E-state index is 0.650. The van der Waals surface area contributed by atoms with Gasteiger partial charge in [0.05, 0.1) is 0 Å². The highest BCUT2D eigenvalue weighted by molar-refractivity contribution is 7.71. The van der Waals surface area contributed by atoms with Crippen LogP contribution >= 0.6 is 12.2 Å². The highest BCUT2D eigenvalue weighted by Crippen LogP contribution is 1.98. The molecule has 0 aliphatic heterocycles. The zero-order valence-electron chi connectivity index (χ0n) is 6.38. The molecule has 0 aliphatic rings. The molecule has 1 aromatic heterocycles. The third kappa shape index (κ3) is 1.24. The van der Waals surface area contributed by atoms with Crippen molar-refractivity contribution < 1.29 is 0 Å². The van der Waals surface area contributed by atoms with Crippen LogP contribution in [0.1, 0.15) is 11.4 Å². The Kier molecular flexibility index (Phi) is 1.85. The van der Waals surface area contributed by atoms with E-state index in [0.717, 1.165) is 11.4 Å². The summed E-state index contributed by atoms with van der Waals surface area (Å²) in [6.45, 7) is 3.97. The largest absolute Gasteiger partial charge is 0.324 e. The van der Waals surface area contributed by atoms with Crippen LogP contribution in [0.4, 0.5) is 0 Å². The molecule has 0 saturated carbocycles. The van der Waals surface area contributed by atoms with Gasteiger partial charge in [-0.3, -0.25) is 0 Å². The van der Waals surface area contributed by atoms with Crippen LogP contribution in [0.25, 0.3) is 0 Å². The lowest BCUT2D eigenvalue weighted by atomic mass is 10.3. The number of nitrogens with zero attached hydrogens (tertiary/aromatic N) is 2. The maximum Gasteiger partial charge on any atom is 0.199 e. The fourth-order valence-corrected chi connectivity index (χ4v) is 1.10. The summed E-state index contributed by atoms with van der Waals surface area (Å²) in [6.07, 6.45) is 0. The molecule has 0 radical (unpaired) electrons. The van der Waals surface area contributed by atoms with E-state index in [-0.39, 0.29) is 0 Å². The zero-order chi connectivity index (χ0) is 7.72. The number of aromatic nitrogens is 2. The molecule has 0 spiro atoms. The maximum absolute atomic E-state index is 4.98. The predicted molar refractivity (Wildman–Crippen MR) is 43.5 cm³/mol. The first-order chi connectivity index (χ1) is 4.61. The van der Waals surface area contributed by atoms with Crippen molar-refractivity contribution in [1.29, 1.82) is 0 Å². The highest BCUT2D eigenvalue weighted by atomic mass is 32.1. The van der Waals surface area contributed by atoms with E-state index in [1.54, 1.807) is 0 Å². The molecule has 1 rings (SSSR count). The Morgan fingerprint density at radius 1 is 1.50 bits per heavy atom. The fraction of sp³-hybridized carbons (Fsp3) is 0.429. The van der Waals surface area contributed by atoms with Crippen molar-refractivity contribution in [1.82, 2.24) is 9.55 Å². The third-order valence-electron chi connectivity index (χ3n) is 1.51. The van der Waals surface area contributed by atoms with Gasteiger partial charge in [-0.25, -0.2) is 4.98 Å². The van der Waals surface area contributed by atoms with E-state index >= 15 is 0 Å². The van der Waals surface area contributed by atoms with Crippen molar-refractivity contribution in [2.75, 3.05) is 0 Å². The topological polar surface area (TPSA) is 17.8 Å². The van der Waals surface area contributed by atoms with Crippen molar-refractivity contribution in [2.45, 2.75) is 13.8 Å². The summed E-state index contributed by atoms with van der Waals surface area (Å²) < 4.78 is 2.54. The van der Waals surface area contributed by atoms with Gasteiger partial charge in [-0.1, -0.05) is 0 Å². The maximum atomic E-state index is 4.98. The van der Waals surface area contributed by atoms with Crippen LogP contribution in [-0.4, -0.2) is 9.55 Å². The van der Waals surface area contributed by atoms with Gasteiger partial charge in [0.25, 0.3) is 0 Å². The van der Waals surface area contributed by atoms with Crippen LogP contribution in [0.2, 0.25) is 0 Å². The second-order valence-corrected chi connectivity index (χ2v) is 2.75. The minimum Gasteiger partial charge on any atom is -0.324 e. The number of hydrogen-bond acceptors (Lipinski definition) is 2. The Labute approximate surface area is 65.5 Å². The molecule has 0 unspecified atom stereocenters. The van der Waals surface area contributed by atoms with Crippen LogP contribution in [0.15, 0.2) is 6.07 Å². The van der Waals surface area contributed by atoms with Crippen LogP contribution in [-0.2, 0) is 7.05 Å². The van der Waals surface area contributed by atoms with Crippen molar-refractivity contribution in [2.24, 2.45) is 7.05 Å². The standard InChI is InChI=1S/C7H10N2S/c1-5-4-6(2)9(3)7(10)8-5/h4H,1-3H3. The van der Waals surface area contributed by atoms with E-state index in [4.69, 9.17) is 12.2 Å². The van der Waals surface area contributed by atoms with Crippen molar-refractivity contribution in [3.05, 3.63) is 22.2 Å². The van der Waals surface area contributed by atoms with Crippen molar-refractivity contribution >= 4 is 12.2 Å². The summed E-state index contributed by atoms with van der Waals surface area (Å²) in [5.41, 5.74) is 2.14. The smallest absolute Gasteiger partial charge is 0.199 e. The Hall–Kier alpha value is -0.700. The van der Waals surface area contributed by atoms with E-state index in [1.165, 1.54) is 0 Å². The lowest BCUT2D eigenvalue weighted by Gasteiger charge is -2.02. The second kappa shape index (κ2) is 2.50. The monoisotopic (exact) mass is 154 g/mol. The van der Waals surface area contributed by atoms with Gasteiger partial charge in [0.1, 0.15) is 0 Å². The Morgan fingerprint density at radius 2 is 2.10 bits per heavy atom. The first-order valence-corrected chi connectivity index (χ1v) is 3.53. The second-order valence-electron chi connectivity index (χ2n) is 2.38. The summed E-state index contributed by atoms with van der Waals surface area (Å²) in [7, 11) is 1.92. The SMILES string of the molecule is Cc1cc(C)n(C)c(=S)n1. The average Bonchev–Trinajstić information content (AvgIpc) is 1.82. The molecule has 1 aromatic rings. The molecule has 0 fully saturated rings. The minimum absolute atomic E-state index is 0.650. The van der Waals surface area contributed by atoms with Crippen LogP contribution in [0.3, 0.4) is 0 Å². The van der Waals surface area contributed by atoms with Crippen molar-refractivity contribution in [3.8, 4) is 0 Å². The molecular weight excluding hydrogens is 144 g/mol. The molecule has 1 heterocycles. The molecule has 3 heteroatoms. The number of hydrogen-bond donors (Lipinski definition) is 0. The molecule has 0 saturated heterocycles. The molecule has 0 amide bonds. The summed E-state index contributed by atoms with van der Waals surface area (Å²) in [5, 5.41) is 0. The highest BCUT2D eigenvalue weighted by Gasteiger charge is 1.92. The summed E-state index contributed by atoms with van der Waals surface area (Å²) in [6, 6.07) is 2.01. The predicted octanol–water partition coefficient (Wildman–Crippen LogP) is 1.77. The van der Waals surface area contributed by atoms with Crippen molar-refractivity contribution in [3.63, 3.8) is 0 Å². The quantitative estimate of drug-likeness (QED) is 0.530. The van der Waals surface area contributed by atoms with Crippen LogP contribution < -0.4 is 0 Å². The van der Waals surface area contributed by atoms with E-state index in [1.807, 2.05) is 31.5 Å². The van der Waals surface area contributed by atoms with Gasteiger partial charge in [-0.15, -0.1) is 0 Å². The Bertz CT molecular complexity index is 301. The van der Waals surface area contributed by atoms with Gasteiger partial charge in [0.2, 0.25) is 0 Å². The average molecular weight is 154 g/mol. The molecule has 0 atom stereocenters. The number of aryl methyl sites for hydroxylation is 2. The molecule has 0 N–H and O–H groups in total. The van der Waals surface area contributed by atoms with E-state index in [9.17, 15) is 0 Å². The van der Waals surface area contributed by atoms with Gasteiger partial charge >= 0.3 is 0 Å². The first-order valence-electron chi connectivity index (χ1n) is 3.12. The molecule has 0 bridgehead atoms. The molecular formula is C7H10N2S. The van der Waals surface area contributed by atoms with E-state index in [0.29, 0.717) is 4.77 Å². The van der Waals surface area contributed by atoms with E-state index in [2.05, 4.69) is 4.98 Å².